The zero-order valence-corrected chi connectivity index (χ0v) is 12.4. The summed E-state index contributed by atoms with van der Waals surface area (Å²) >= 11 is 0. The van der Waals surface area contributed by atoms with Gasteiger partial charge in [0.15, 0.2) is 0 Å². The highest BCUT2D eigenvalue weighted by Crippen LogP contribution is 2.19. The lowest BCUT2D eigenvalue weighted by Crippen LogP contribution is -2.49. The Kier molecular flexibility index (Phi) is 4.04. The lowest BCUT2D eigenvalue weighted by molar-refractivity contribution is -0.155. The second-order valence-electron chi connectivity index (χ2n) is 5.36. The number of carbonyl (C=O) groups excluding carboxylic acids is 2. The largest absolute Gasteiger partial charge is 0.467 e. The highest BCUT2D eigenvalue weighted by molar-refractivity contribution is 5.85. The first kappa shape index (κ1) is 14.5. The highest BCUT2D eigenvalue weighted by atomic mass is 16.5. The van der Waals surface area contributed by atoms with Gasteiger partial charge in [0.2, 0.25) is 5.91 Å². The van der Waals surface area contributed by atoms with Crippen LogP contribution in [0.3, 0.4) is 0 Å². The van der Waals surface area contributed by atoms with Crippen LogP contribution in [0.25, 0.3) is 11.0 Å². The molecule has 2 aromatic rings. The Morgan fingerprint density at radius 1 is 1.32 bits per heavy atom. The Hall–Kier alpha value is -2.44. The van der Waals surface area contributed by atoms with Crippen molar-refractivity contribution >= 4 is 22.9 Å². The number of piperidine rings is 1. The Morgan fingerprint density at radius 3 is 2.95 bits per heavy atom. The average molecular weight is 302 g/mol. The third kappa shape index (κ3) is 2.66. The van der Waals surface area contributed by atoms with Crippen molar-refractivity contribution in [2.45, 2.75) is 31.8 Å². The van der Waals surface area contributed by atoms with Gasteiger partial charge in [-0.05, 0) is 31.4 Å². The molecule has 0 radical (unpaired) electrons. The van der Waals surface area contributed by atoms with Crippen molar-refractivity contribution in [1.29, 1.82) is 0 Å². The maximum absolute atomic E-state index is 12.6. The van der Waals surface area contributed by atoms with Gasteiger partial charge < -0.3 is 9.64 Å². The normalized spacial score (nSPS) is 18.4. The summed E-state index contributed by atoms with van der Waals surface area (Å²) in [6.45, 7) is 0.652. The zero-order chi connectivity index (χ0) is 15.5. The summed E-state index contributed by atoms with van der Waals surface area (Å²) in [5.41, 5.74) is 1.56. The van der Waals surface area contributed by atoms with Crippen LogP contribution in [-0.4, -0.2) is 51.5 Å². The number of amides is 1. The van der Waals surface area contributed by atoms with Crippen LogP contribution >= 0.6 is 0 Å². The van der Waals surface area contributed by atoms with E-state index in [1.165, 1.54) is 7.11 Å². The summed E-state index contributed by atoms with van der Waals surface area (Å²) < 4.78 is 6.38. The van der Waals surface area contributed by atoms with E-state index in [2.05, 4.69) is 10.3 Å². The smallest absolute Gasteiger partial charge is 0.328 e. The van der Waals surface area contributed by atoms with E-state index in [0.29, 0.717) is 13.0 Å². The quantitative estimate of drug-likeness (QED) is 0.790. The first-order valence-electron chi connectivity index (χ1n) is 7.36. The van der Waals surface area contributed by atoms with E-state index in [-0.39, 0.29) is 18.4 Å². The van der Waals surface area contributed by atoms with E-state index in [1.807, 2.05) is 24.3 Å². The Labute approximate surface area is 127 Å². The number of carbonyl (C=O) groups is 2. The molecule has 7 nitrogen and oxygen atoms in total. The molecule has 1 unspecified atom stereocenters. The van der Waals surface area contributed by atoms with Gasteiger partial charge in [-0.3, -0.25) is 4.79 Å². The minimum Gasteiger partial charge on any atom is -0.467 e. The Balaban J connectivity index is 1.79. The number of esters is 1. The molecule has 1 aliphatic heterocycles. The van der Waals surface area contributed by atoms with Crippen molar-refractivity contribution in [3.05, 3.63) is 24.3 Å². The molecule has 1 fully saturated rings. The number of rotatable bonds is 3. The molecule has 1 aromatic heterocycles. The van der Waals surface area contributed by atoms with Crippen LogP contribution in [0.1, 0.15) is 19.3 Å². The predicted octanol–water partition coefficient (Wildman–Crippen LogP) is 0.985. The average Bonchev–Trinajstić information content (AvgIpc) is 2.97. The zero-order valence-electron chi connectivity index (χ0n) is 12.4. The van der Waals surface area contributed by atoms with Gasteiger partial charge in [0.25, 0.3) is 0 Å². The van der Waals surface area contributed by atoms with E-state index in [1.54, 1.807) is 9.58 Å². The highest BCUT2D eigenvalue weighted by Gasteiger charge is 2.33. The van der Waals surface area contributed by atoms with Gasteiger partial charge >= 0.3 is 5.97 Å². The van der Waals surface area contributed by atoms with Crippen molar-refractivity contribution in [3.8, 4) is 0 Å². The van der Waals surface area contributed by atoms with Gasteiger partial charge in [-0.2, -0.15) is 0 Å². The molecule has 116 valence electrons. The van der Waals surface area contributed by atoms with Gasteiger partial charge in [-0.1, -0.05) is 17.3 Å². The third-order valence-corrected chi connectivity index (χ3v) is 4.00. The number of ether oxygens (including phenoxy) is 1. The van der Waals surface area contributed by atoms with Crippen LogP contribution in [0.2, 0.25) is 0 Å². The minimum atomic E-state index is -0.485. The van der Waals surface area contributed by atoms with Crippen molar-refractivity contribution in [3.63, 3.8) is 0 Å². The fraction of sp³-hybridized carbons (Fsp3) is 0.467. The van der Waals surface area contributed by atoms with Crippen molar-refractivity contribution in [2.24, 2.45) is 0 Å². The Morgan fingerprint density at radius 2 is 2.14 bits per heavy atom. The summed E-state index contributed by atoms with van der Waals surface area (Å²) in [7, 11) is 1.35. The number of fused-ring (bicyclic) bond motifs is 1. The lowest BCUT2D eigenvalue weighted by atomic mass is 10.0. The summed E-state index contributed by atoms with van der Waals surface area (Å²) in [4.78, 5) is 26.0. The number of likely N-dealkylation sites (tertiary alicyclic amines) is 1. The van der Waals surface area contributed by atoms with E-state index in [0.717, 1.165) is 23.9 Å². The fourth-order valence-electron chi connectivity index (χ4n) is 2.86. The molecule has 1 aromatic carbocycles. The molecular formula is C15H18N4O3. The van der Waals surface area contributed by atoms with Crippen LogP contribution in [0.15, 0.2) is 24.3 Å². The summed E-state index contributed by atoms with van der Waals surface area (Å²) in [5.74, 6) is -0.484. The first-order valence-corrected chi connectivity index (χ1v) is 7.36. The maximum Gasteiger partial charge on any atom is 0.328 e. The van der Waals surface area contributed by atoms with E-state index < -0.39 is 6.04 Å². The SMILES string of the molecule is COC(=O)C1CCCCN1C(=O)Cn1nnc2ccccc21. The fourth-order valence-corrected chi connectivity index (χ4v) is 2.86. The predicted molar refractivity (Wildman–Crippen MR) is 78.9 cm³/mol. The molecule has 1 amide bonds. The number of benzene rings is 1. The number of hydrogen-bond acceptors (Lipinski definition) is 5. The molecule has 1 saturated heterocycles. The molecule has 2 heterocycles. The Bertz CT molecular complexity index is 697. The third-order valence-electron chi connectivity index (χ3n) is 4.00. The van der Waals surface area contributed by atoms with Crippen molar-refractivity contribution in [1.82, 2.24) is 19.9 Å². The van der Waals surface area contributed by atoms with Gasteiger partial charge in [-0.25, -0.2) is 9.48 Å². The molecular weight excluding hydrogens is 284 g/mol. The maximum atomic E-state index is 12.6. The molecule has 1 aliphatic rings. The molecule has 0 saturated carbocycles. The number of hydrogen-bond donors (Lipinski definition) is 0. The minimum absolute atomic E-state index is 0.0774. The number of methoxy groups -OCH3 is 1. The van der Waals surface area contributed by atoms with Crippen LogP contribution in [0.4, 0.5) is 0 Å². The molecule has 0 N–H and O–H groups in total. The van der Waals surface area contributed by atoms with Gasteiger partial charge in [0.05, 0.1) is 12.6 Å². The van der Waals surface area contributed by atoms with Gasteiger partial charge in [0, 0.05) is 6.54 Å². The lowest BCUT2D eigenvalue weighted by Gasteiger charge is -2.33. The van der Waals surface area contributed by atoms with Crippen LogP contribution in [0.5, 0.6) is 0 Å². The monoisotopic (exact) mass is 302 g/mol. The van der Waals surface area contributed by atoms with Crippen molar-refractivity contribution < 1.29 is 14.3 Å². The topological polar surface area (TPSA) is 77.3 Å². The molecule has 7 heteroatoms. The molecule has 3 rings (SSSR count). The number of para-hydroxylation sites is 1. The summed E-state index contributed by atoms with van der Waals surface area (Å²) in [6, 6.07) is 6.99. The second kappa shape index (κ2) is 6.13. The second-order valence-corrected chi connectivity index (χ2v) is 5.36. The first-order chi connectivity index (χ1) is 10.7. The van der Waals surface area contributed by atoms with E-state index in [4.69, 9.17) is 4.74 Å². The van der Waals surface area contributed by atoms with Gasteiger partial charge in [0.1, 0.15) is 18.1 Å². The molecule has 1 atom stereocenters. The van der Waals surface area contributed by atoms with E-state index in [9.17, 15) is 9.59 Å². The number of aromatic nitrogens is 3. The molecule has 22 heavy (non-hydrogen) atoms. The van der Waals surface area contributed by atoms with Gasteiger partial charge in [-0.15, -0.1) is 5.10 Å². The standard InChI is InChI=1S/C15H18N4O3/c1-22-15(21)13-8-4-5-9-18(13)14(20)10-19-12-7-3-2-6-11(12)16-17-19/h2-3,6-7,13H,4-5,8-10H2,1H3. The van der Waals surface area contributed by atoms with Crippen molar-refractivity contribution in [2.75, 3.05) is 13.7 Å². The van der Waals surface area contributed by atoms with Crippen LogP contribution < -0.4 is 0 Å². The summed E-state index contributed by atoms with van der Waals surface area (Å²) in [5, 5.41) is 8.06. The molecule has 0 spiro atoms. The summed E-state index contributed by atoms with van der Waals surface area (Å²) in [6.07, 6.45) is 2.48. The molecule has 0 bridgehead atoms. The van der Waals surface area contributed by atoms with Crippen LogP contribution in [0, 0.1) is 0 Å². The van der Waals surface area contributed by atoms with Crippen LogP contribution in [-0.2, 0) is 20.9 Å². The molecule has 0 aliphatic carbocycles. The number of nitrogens with zero attached hydrogens (tertiary/aromatic N) is 4. The van der Waals surface area contributed by atoms with E-state index >= 15 is 0 Å².